The van der Waals surface area contributed by atoms with Crippen LogP contribution in [0.3, 0.4) is 0 Å². The van der Waals surface area contributed by atoms with Crippen molar-refractivity contribution >= 4 is 16.8 Å². The van der Waals surface area contributed by atoms with E-state index in [9.17, 15) is 4.79 Å². The molecule has 0 spiro atoms. The van der Waals surface area contributed by atoms with Gasteiger partial charge in [-0.3, -0.25) is 4.79 Å². The van der Waals surface area contributed by atoms with Crippen molar-refractivity contribution in [1.82, 2.24) is 0 Å². The van der Waals surface area contributed by atoms with Gasteiger partial charge < -0.3 is 0 Å². The fourth-order valence-corrected chi connectivity index (χ4v) is 0. The van der Waals surface area contributed by atoms with E-state index in [2.05, 4.69) is 67.0 Å². The Labute approximate surface area is 111 Å². The lowest BCUT2D eigenvalue weighted by Gasteiger charge is -1.52. The second-order valence-corrected chi connectivity index (χ2v) is 3.83. The maximum absolute atomic E-state index is 9.21. The SMILES string of the molecule is CC(=O)Cl.CCC.CCC.CCC.CCC.[H+]. The highest BCUT2D eigenvalue weighted by molar-refractivity contribution is 6.62. The molecule has 0 rings (SSSR count). The molecule has 2 heteroatoms. The minimum absolute atomic E-state index is 0. The van der Waals surface area contributed by atoms with E-state index >= 15 is 0 Å². The molecule has 0 N–H and O–H groups in total. The van der Waals surface area contributed by atoms with Crippen LogP contribution in [0.2, 0.25) is 0 Å². The Kier molecular flexibility index (Phi) is 112. The van der Waals surface area contributed by atoms with Crippen molar-refractivity contribution in [3.05, 3.63) is 0 Å². The summed E-state index contributed by atoms with van der Waals surface area (Å²) >= 11 is 4.64. The first kappa shape index (κ1) is 29.7. The van der Waals surface area contributed by atoms with Crippen LogP contribution in [0.25, 0.3) is 0 Å². The molecule has 0 aromatic carbocycles. The topological polar surface area (TPSA) is 17.1 Å². The number of hydrogen-bond acceptors (Lipinski definition) is 1. The third-order valence-corrected chi connectivity index (χ3v) is 0. The monoisotopic (exact) mass is 255 g/mol. The van der Waals surface area contributed by atoms with Crippen LogP contribution in [0.4, 0.5) is 0 Å². The summed E-state index contributed by atoms with van der Waals surface area (Å²) in [6.07, 6.45) is 5.00. The van der Waals surface area contributed by atoms with Crippen LogP contribution in [0.1, 0.15) is 89.4 Å². The predicted octanol–water partition coefficient (Wildman–Crippen LogP) is 6.55. The average molecular weight is 256 g/mol. The van der Waals surface area contributed by atoms with E-state index in [0.717, 1.165) is 0 Å². The lowest BCUT2D eigenvalue weighted by atomic mass is 10.6. The quantitative estimate of drug-likeness (QED) is 0.449. The maximum Gasteiger partial charge on any atom is 1.00 e. The van der Waals surface area contributed by atoms with Gasteiger partial charge >= 0.3 is 1.43 Å². The van der Waals surface area contributed by atoms with E-state index in [4.69, 9.17) is 0 Å². The molecule has 0 aromatic heterocycles. The van der Waals surface area contributed by atoms with Gasteiger partial charge in [0.25, 0.3) is 0 Å². The fraction of sp³-hybridized carbons (Fsp3) is 0.929. The average Bonchev–Trinajstić information content (AvgIpc) is 2.06. The lowest BCUT2D eigenvalue weighted by molar-refractivity contribution is -0.109. The first-order valence-electron chi connectivity index (χ1n) is 6.55. The molecule has 104 valence electrons. The van der Waals surface area contributed by atoms with Crippen molar-refractivity contribution < 1.29 is 6.22 Å². The number of carbonyl (C=O) groups is 1. The van der Waals surface area contributed by atoms with Gasteiger partial charge in [0.05, 0.1) is 0 Å². The largest absolute Gasteiger partial charge is 1.00 e. The molecule has 0 aliphatic rings. The number of rotatable bonds is 0. The molecule has 0 unspecified atom stereocenters. The molecule has 0 aliphatic carbocycles. The first-order chi connectivity index (χ1) is 7.39. The second-order valence-electron chi connectivity index (χ2n) is 3.30. The van der Waals surface area contributed by atoms with E-state index in [-0.39, 0.29) is 6.67 Å². The Balaban J connectivity index is -0.0000000221. The van der Waals surface area contributed by atoms with Crippen molar-refractivity contribution in [2.45, 2.75) is 88.0 Å². The van der Waals surface area contributed by atoms with Gasteiger partial charge in [-0.05, 0) is 11.6 Å². The zero-order valence-corrected chi connectivity index (χ0v) is 13.9. The van der Waals surface area contributed by atoms with Gasteiger partial charge in [0.2, 0.25) is 5.24 Å². The van der Waals surface area contributed by atoms with E-state index in [1.165, 1.54) is 32.6 Å². The van der Waals surface area contributed by atoms with Gasteiger partial charge in [-0.2, -0.15) is 0 Å². The van der Waals surface area contributed by atoms with Crippen molar-refractivity contribution in [1.29, 1.82) is 0 Å². The van der Waals surface area contributed by atoms with Crippen molar-refractivity contribution in [3.8, 4) is 0 Å². The summed E-state index contributed by atoms with van der Waals surface area (Å²) in [5.41, 5.74) is 0. The van der Waals surface area contributed by atoms with Crippen LogP contribution >= 0.6 is 11.6 Å². The molecule has 0 aliphatic heterocycles. The maximum atomic E-state index is 9.21. The zero-order valence-electron chi connectivity index (χ0n) is 14.1. The van der Waals surface area contributed by atoms with E-state index in [1.807, 2.05) is 0 Å². The number of carbonyl (C=O) groups excluding carboxylic acids is 1. The predicted molar refractivity (Wildman–Crippen MR) is 81.5 cm³/mol. The van der Waals surface area contributed by atoms with Crippen LogP contribution in [-0.4, -0.2) is 5.24 Å². The van der Waals surface area contributed by atoms with Crippen LogP contribution in [0.15, 0.2) is 0 Å². The standard InChI is InChI=1S/4C3H8.C2H3ClO/c4*1-3-2;1-2(3)4/h4*3H2,1-2H3;1H3/p+1. The minimum atomic E-state index is -0.361. The van der Waals surface area contributed by atoms with E-state index in [1.54, 1.807) is 0 Å². The van der Waals surface area contributed by atoms with Gasteiger partial charge in [0.1, 0.15) is 0 Å². The number of hydrogen-bond donors (Lipinski definition) is 0. The summed E-state index contributed by atoms with van der Waals surface area (Å²) in [6, 6.07) is 0. The lowest BCUT2D eigenvalue weighted by Crippen LogP contribution is -1.62. The fourth-order valence-electron chi connectivity index (χ4n) is 0. The molecular weight excluding hydrogens is 220 g/mol. The highest BCUT2D eigenvalue weighted by Crippen LogP contribution is 1.67. The van der Waals surface area contributed by atoms with E-state index in [0.29, 0.717) is 0 Å². The van der Waals surface area contributed by atoms with Crippen molar-refractivity contribution in [2.75, 3.05) is 0 Å². The molecule has 0 heterocycles. The molecule has 0 fully saturated rings. The molecular formula is C14H36ClO+. The third-order valence-electron chi connectivity index (χ3n) is 0. The summed E-state index contributed by atoms with van der Waals surface area (Å²) in [4.78, 5) is 9.21. The Hall–Kier alpha value is -0.0400. The van der Waals surface area contributed by atoms with Crippen LogP contribution < -0.4 is 0 Å². The minimum Gasteiger partial charge on any atom is -0.282 e. The van der Waals surface area contributed by atoms with Gasteiger partial charge in [0.15, 0.2) is 0 Å². The molecule has 0 saturated heterocycles. The van der Waals surface area contributed by atoms with Gasteiger partial charge in [0, 0.05) is 6.92 Å². The van der Waals surface area contributed by atoms with Crippen LogP contribution in [0.5, 0.6) is 0 Å². The van der Waals surface area contributed by atoms with Crippen LogP contribution in [0, 0.1) is 0 Å². The van der Waals surface area contributed by atoms with Crippen LogP contribution in [-0.2, 0) is 4.79 Å². The molecule has 0 atom stereocenters. The smallest absolute Gasteiger partial charge is 0.282 e. The summed E-state index contributed by atoms with van der Waals surface area (Å²) in [7, 11) is 0. The molecule has 0 aromatic rings. The highest BCUT2D eigenvalue weighted by Gasteiger charge is 1.67. The normalized spacial score (nSPS) is 6.12. The number of halogens is 1. The Morgan fingerprint density at radius 2 is 0.750 bits per heavy atom. The Morgan fingerprint density at radius 1 is 0.750 bits per heavy atom. The Bertz CT molecular complexity index is 66.6. The summed E-state index contributed by atoms with van der Waals surface area (Å²) in [5, 5.41) is -0.361. The third kappa shape index (κ3) is 1470000. The molecule has 0 saturated carbocycles. The molecule has 0 radical (unpaired) electrons. The molecule has 0 bridgehead atoms. The van der Waals surface area contributed by atoms with E-state index < -0.39 is 0 Å². The first-order valence-corrected chi connectivity index (χ1v) is 6.93. The van der Waals surface area contributed by atoms with Crippen molar-refractivity contribution in [2.24, 2.45) is 0 Å². The summed E-state index contributed by atoms with van der Waals surface area (Å²) < 4.78 is 0. The second kappa shape index (κ2) is 60.2. The molecule has 1 nitrogen and oxygen atoms in total. The van der Waals surface area contributed by atoms with Gasteiger partial charge in [-0.1, -0.05) is 81.1 Å². The Morgan fingerprint density at radius 3 is 0.750 bits per heavy atom. The molecule has 16 heavy (non-hydrogen) atoms. The van der Waals surface area contributed by atoms with Crippen molar-refractivity contribution in [3.63, 3.8) is 0 Å². The highest BCUT2D eigenvalue weighted by atomic mass is 35.5. The van der Waals surface area contributed by atoms with Gasteiger partial charge in [-0.25, -0.2) is 0 Å². The zero-order chi connectivity index (χ0) is 14.4. The summed E-state index contributed by atoms with van der Waals surface area (Å²) in [5.74, 6) is 0. The van der Waals surface area contributed by atoms with Gasteiger partial charge in [-0.15, -0.1) is 0 Å². The summed E-state index contributed by atoms with van der Waals surface area (Å²) in [6.45, 7) is 18.3. The molecule has 0 amide bonds.